The maximum atomic E-state index is 13.6. The molecule has 2 fully saturated rings. The SMILES string of the molecule is CCC1(O)CC(OC2CC(N3CCOCC3)C(O)C(C)O2)c2c(O)c3c(c(O)c2C1O)C(=O)c1cccc(O)c1C3=O.Cl. The van der Waals surface area contributed by atoms with E-state index in [1.807, 2.05) is 0 Å². The molecule has 2 saturated heterocycles. The predicted octanol–water partition coefficient (Wildman–Crippen LogP) is 1.83. The number of fused-ring (bicyclic) bond motifs is 3. The fourth-order valence-corrected chi connectivity index (χ4v) is 6.86. The lowest BCUT2D eigenvalue weighted by molar-refractivity contribution is -0.264. The highest BCUT2D eigenvalue weighted by atomic mass is 35.5. The van der Waals surface area contributed by atoms with Crippen LogP contribution < -0.4 is 0 Å². The van der Waals surface area contributed by atoms with E-state index < -0.39 is 76.2 Å². The van der Waals surface area contributed by atoms with Gasteiger partial charge in [-0.15, -0.1) is 12.4 Å². The third-order valence-electron chi connectivity index (χ3n) is 9.25. The molecule has 6 N–H and O–H groups in total. The number of carbonyl (C=O) groups excluding carboxylic acids is 2. The number of hydrogen-bond acceptors (Lipinski definition) is 12. The Kier molecular flexibility index (Phi) is 8.53. The Bertz CT molecular complexity index is 1440. The molecule has 12 nitrogen and oxygen atoms in total. The summed E-state index contributed by atoms with van der Waals surface area (Å²) in [5, 5.41) is 67.1. The number of aromatic hydroxyl groups is 3. The van der Waals surface area contributed by atoms with E-state index in [1.165, 1.54) is 18.2 Å². The molecule has 2 heterocycles. The number of phenols is 3. The lowest BCUT2D eigenvalue weighted by atomic mass is 9.70. The minimum Gasteiger partial charge on any atom is -0.507 e. The summed E-state index contributed by atoms with van der Waals surface area (Å²) >= 11 is 0. The Balaban J connectivity index is 0.00000368. The Hall–Kier alpha value is -2.81. The summed E-state index contributed by atoms with van der Waals surface area (Å²) in [6.07, 6.45) is -5.23. The molecule has 2 aliphatic carbocycles. The molecule has 234 valence electrons. The van der Waals surface area contributed by atoms with Crippen molar-refractivity contribution in [3.63, 3.8) is 0 Å². The van der Waals surface area contributed by atoms with Crippen LogP contribution >= 0.6 is 12.4 Å². The molecule has 0 spiro atoms. The lowest BCUT2D eigenvalue weighted by Gasteiger charge is -2.47. The number of benzene rings is 2. The van der Waals surface area contributed by atoms with E-state index in [9.17, 15) is 40.2 Å². The summed E-state index contributed by atoms with van der Waals surface area (Å²) in [7, 11) is 0. The third kappa shape index (κ3) is 4.90. The van der Waals surface area contributed by atoms with Crippen LogP contribution in [0, 0.1) is 0 Å². The Morgan fingerprint density at radius 2 is 1.65 bits per heavy atom. The van der Waals surface area contributed by atoms with Gasteiger partial charge in [0.1, 0.15) is 23.4 Å². The number of nitrogens with zero attached hydrogens (tertiary/aromatic N) is 1. The van der Waals surface area contributed by atoms with E-state index in [0.717, 1.165) is 0 Å². The van der Waals surface area contributed by atoms with Gasteiger partial charge in [-0.25, -0.2) is 0 Å². The molecule has 0 saturated carbocycles. The van der Waals surface area contributed by atoms with Crippen molar-refractivity contribution in [3.8, 4) is 17.2 Å². The summed E-state index contributed by atoms with van der Waals surface area (Å²) in [4.78, 5) is 29.2. The first-order valence-electron chi connectivity index (χ1n) is 14.2. The van der Waals surface area contributed by atoms with E-state index in [4.69, 9.17) is 14.2 Å². The van der Waals surface area contributed by atoms with Crippen molar-refractivity contribution in [1.29, 1.82) is 0 Å². The van der Waals surface area contributed by atoms with Crippen LogP contribution in [0.1, 0.15) is 88.3 Å². The molecule has 2 aromatic rings. The molecule has 0 aromatic heterocycles. The minimum absolute atomic E-state index is 0. The van der Waals surface area contributed by atoms with Gasteiger partial charge in [-0.1, -0.05) is 19.1 Å². The summed E-state index contributed by atoms with van der Waals surface area (Å²) in [5.41, 5.74) is -3.80. The van der Waals surface area contributed by atoms with Crippen LogP contribution in [-0.4, -0.2) is 104 Å². The zero-order chi connectivity index (χ0) is 30.1. The van der Waals surface area contributed by atoms with Crippen molar-refractivity contribution in [1.82, 2.24) is 4.90 Å². The van der Waals surface area contributed by atoms with Gasteiger partial charge in [-0.3, -0.25) is 14.5 Å². The van der Waals surface area contributed by atoms with E-state index in [0.29, 0.717) is 26.3 Å². The molecule has 43 heavy (non-hydrogen) atoms. The van der Waals surface area contributed by atoms with Crippen molar-refractivity contribution >= 4 is 24.0 Å². The van der Waals surface area contributed by atoms with Crippen LogP contribution in [0.25, 0.3) is 0 Å². The van der Waals surface area contributed by atoms with Crippen LogP contribution in [0.4, 0.5) is 0 Å². The molecular formula is C30H36ClNO11. The van der Waals surface area contributed by atoms with Gasteiger partial charge in [0, 0.05) is 48.7 Å². The number of halogens is 1. The Morgan fingerprint density at radius 3 is 2.33 bits per heavy atom. The maximum absolute atomic E-state index is 13.6. The standard InChI is InChI=1S/C30H35NO11.ClH/c1-3-30(39)12-17(42-18-11-15(24(33)13(2)41-18)31-7-9-40-10-8-31)20-23(29(30)38)28(37)21-22(27(20)36)26(35)19-14(25(21)34)5-4-6-16(19)32;/h4-6,13,15,17-18,24,29,32-33,36-39H,3,7-12H2,1-2H3;1H. The van der Waals surface area contributed by atoms with Gasteiger partial charge in [-0.2, -0.15) is 0 Å². The second-order valence-electron chi connectivity index (χ2n) is 11.5. The first-order valence-corrected chi connectivity index (χ1v) is 14.2. The summed E-state index contributed by atoms with van der Waals surface area (Å²) in [6, 6.07) is 3.60. The van der Waals surface area contributed by atoms with Crippen molar-refractivity contribution in [2.24, 2.45) is 0 Å². The van der Waals surface area contributed by atoms with E-state index in [1.54, 1.807) is 13.8 Å². The molecule has 2 aromatic carbocycles. The fourth-order valence-electron chi connectivity index (χ4n) is 6.86. The molecule has 4 aliphatic rings. The van der Waals surface area contributed by atoms with Gasteiger partial charge in [-0.05, 0) is 19.4 Å². The third-order valence-corrected chi connectivity index (χ3v) is 9.25. The summed E-state index contributed by atoms with van der Waals surface area (Å²) in [5.74, 6) is -3.61. The zero-order valence-corrected chi connectivity index (χ0v) is 24.5. The predicted molar refractivity (Wildman–Crippen MR) is 152 cm³/mol. The quantitative estimate of drug-likeness (QED) is 0.232. The molecular weight excluding hydrogens is 586 g/mol. The average Bonchev–Trinajstić information content (AvgIpc) is 2.97. The number of ether oxygens (including phenoxy) is 3. The average molecular weight is 622 g/mol. The number of rotatable bonds is 4. The van der Waals surface area contributed by atoms with Gasteiger partial charge in [0.15, 0.2) is 12.1 Å². The number of phenolic OH excluding ortho intramolecular Hbond substituents is 3. The molecule has 0 radical (unpaired) electrons. The van der Waals surface area contributed by atoms with Crippen molar-refractivity contribution in [2.45, 2.75) is 75.5 Å². The van der Waals surface area contributed by atoms with Crippen LogP contribution in [0.5, 0.6) is 17.2 Å². The van der Waals surface area contributed by atoms with Gasteiger partial charge in [0.2, 0.25) is 5.78 Å². The molecule has 2 aliphatic heterocycles. The van der Waals surface area contributed by atoms with Crippen LogP contribution in [0.15, 0.2) is 18.2 Å². The number of aliphatic hydroxyl groups excluding tert-OH is 2. The lowest BCUT2D eigenvalue weighted by Crippen LogP contribution is -2.58. The zero-order valence-electron chi connectivity index (χ0n) is 23.7. The van der Waals surface area contributed by atoms with Gasteiger partial charge in [0.25, 0.3) is 0 Å². The van der Waals surface area contributed by atoms with Crippen LogP contribution in [0.3, 0.4) is 0 Å². The number of carbonyl (C=O) groups is 2. The first-order chi connectivity index (χ1) is 20.0. The molecule has 0 bridgehead atoms. The van der Waals surface area contributed by atoms with Crippen molar-refractivity contribution < 1.29 is 54.4 Å². The van der Waals surface area contributed by atoms with Crippen molar-refractivity contribution in [2.75, 3.05) is 26.3 Å². The van der Waals surface area contributed by atoms with Gasteiger partial charge >= 0.3 is 0 Å². The van der Waals surface area contributed by atoms with E-state index in [-0.39, 0.29) is 60.0 Å². The second kappa shape index (κ2) is 11.6. The molecule has 7 atom stereocenters. The molecule has 7 unspecified atom stereocenters. The van der Waals surface area contributed by atoms with E-state index >= 15 is 0 Å². The number of ketones is 2. The number of morpholine rings is 1. The first kappa shape index (κ1) is 31.6. The van der Waals surface area contributed by atoms with Crippen LogP contribution in [0.2, 0.25) is 0 Å². The fraction of sp³-hybridized carbons (Fsp3) is 0.533. The van der Waals surface area contributed by atoms with Crippen molar-refractivity contribution in [3.05, 3.63) is 51.6 Å². The molecule has 13 heteroatoms. The normalized spacial score (nSPS) is 32.4. The van der Waals surface area contributed by atoms with E-state index in [2.05, 4.69) is 4.90 Å². The smallest absolute Gasteiger partial charge is 0.202 e. The number of hydrogen-bond donors (Lipinski definition) is 6. The molecule has 6 rings (SSSR count). The van der Waals surface area contributed by atoms with Gasteiger partial charge in [0.05, 0.1) is 53.8 Å². The molecule has 0 amide bonds. The highest BCUT2D eigenvalue weighted by Crippen LogP contribution is 2.56. The van der Waals surface area contributed by atoms with Crippen LogP contribution in [-0.2, 0) is 14.2 Å². The second-order valence-corrected chi connectivity index (χ2v) is 11.5. The number of aliphatic hydroxyl groups is 3. The highest BCUT2D eigenvalue weighted by Gasteiger charge is 2.52. The largest absolute Gasteiger partial charge is 0.507 e. The Morgan fingerprint density at radius 1 is 1.00 bits per heavy atom. The maximum Gasteiger partial charge on any atom is 0.202 e. The minimum atomic E-state index is -1.82. The van der Waals surface area contributed by atoms with Gasteiger partial charge < -0.3 is 44.8 Å². The topological polar surface area (TPSA) is 186 Å². The Labute approximate surface area is 253 Å². The monoisotopic (exact) mass is 621 g/mol. The highest BCUT2D eigenvalue weighted by molar-refractivity contribution is 6.31. The summed E-state index contributed by atoms with van der Waals surface area (Å²) < 4.78 is 17.8. The summed E-state index contributed by atoms with van der Waals surface area (Å²) in [6.45, 7) is 5.61.